The van der Waals surface area contributed by atoms with Gasteiger partial charge in [0.25, 0.3) is 0 Å². The molecule has 1 saturated heterocycles. The zero-order valence-electron chi connectivity index (χ0n) is 12.6. The highest BCUT2D eigenvalue weighted by Crippen LogP contribution is 2.29. The lowest BCUT2D eigenvalue weighted by atomic mass is 9.82. The van der Waals surface area contributed by atoms with Crippen molar-refractivity contribution < 1.29 is 9.53 Å². The van der Waals surface area contributed by atoms with E-state index in [1.165, 1.54) is 0 Å². The van der Waals surface area contributed by atoms with Crippen molar-refractivity contribution in [2.24, 2.45) is 5.41 Å². The Kier molecular flexibility index (Phi) is 4.81. The summed E-state index contributed by atoms with van der Waals surface area (Å²) in [5.74, 6) is 0.599. The molecule has 0 saturated carbocycles. The van der Waals surface area contributed by atoms with E-state index in [1.54, 1.807) is 7.11 Å². The quantitative estimate of drug-likeness (QED) is 0.922. The van der Waals surface area contributed by atoms with E-state index in [2.05, 4.69) is 16.3 Å². The average molecular weight is 287 g/mol. The predicted molar refractivity (Wildman–Crippen MR) is 81.0 cm³/mol. The third-order valence-electron chi connectivity index (χ3n) is 3.98. The summed E-state index contributed by atoms with van der Waals surface area (Å²) in [4.78, 5) is 14.2. The Bertz CT molecular complexity index is 543. The van der Waals surface area contributed by atoms with Crippen molar-refractivity contribution >= 4 is 11.6 Å². The van der Waals surface area contributed by atoms with Crippen molar-refractivity contribution in [2.45, 2.75) is 19.8 Å². The van der Waals surface area contributed by atoms with E-state index in [0.29, 0.717) is 18.0 Å². The van der Waals surface area contributed by atoms with E-state index in [0.717, 1.165) is 25.9 Å². The maximum atomic E-state index is 12.1. The maximum Gasteiger partial charge on any atom is 0.238 e. The van der Waals surface area contributed by atoms with Crippen LogP contribution < -0.4 is 10.1 Å². The van der Waals surface area contributed by atoms with Gasteiger partial charge in [-0.2, -0.15) is 5.26 Å². The molecule has 0 aliphatic carbocycles. The van der Waals surface area contributed by atoms with Gasteiger partial charge in [0.1, 0.15) is 5.75 Å². The van der Waals surface area contributed by atoms with Crippen LogP contribution in [0.4, 0.5) is 5.69 Å². The molecule has 0 spiro atoms. The molecule has 0 bridgehead atoms. The van der Waals surface area contributed by atoms with Gasteiger partial charge in [0.05, 0.1) is 30.8 Å². The number of piperidine rings is 1. The third-order valence-corrected chi connectivity index (χ3v) is 3.98. The van der Waals surface area contributed by atoms with Crippen LogP contribution in [-0.4, -0.2) is 37.6 Å². The van der Waals surface area contributed by atoms with E-state index in [-0.39, 0.29) is 11.3 Å². The van der Waals surface area contributed by atoms with Crippen molar-refractivity contribution in [2.75, 3.05) is 32.1 Å². The fourth-order valence-corrected chi connectivity index (χ4v) is 2.46. The van der Waals surface area contributed by atoms with Gasteiger partial charge in [-0.05, 0) is 31.9 Å². The van der Waals surface area contributed by atoms with Crippen LogP contribution in [-0.2, 0) is 4.79 Å². The number of nitrogens with one attached hydrogen (secondary N) is 1. The number of methoxy groups -OCH3 is 1. The smallest absolute Gasteiger partial charge is 0.238 e. The zero-order valence-corrected chi connectivity index (χ0v) is 12.6. The Morgan fingerprint density at radius 2 is 2.10 bits per heavy atom. The van der Waals surface area contributed by atoms with Gasteiger partial charge in [0.2, 0.25) is 5.91 Å². The van der Waals surface area contributed by atoms with Crippen molar-refractivity contribution in [3.63, 3.8) is 0 Å². The molecule has 21 heavy (non-hydrogen) atoms. The summed E-state index contributed by atoms with van der Waals surface area (Å²) in [5.41, 5.74) is 0.444. The van der Waals surface area contributed by atoms with Gasteiger partial charge in [-0.15, -0.1) is 0 Å². The van der Waals surface area contributed by atoms with Crippen LogP contribution >= 0.6 is 0 Å². The summed E-state index contributed by atoms with van der Waals surface area (Å²) in [6, 6.07) is 9.72. The maximum absolute atomic E-state index is 12.1. The number of ether oxygens (including phenoxy) is 1. The summed E-state index contributed by atoms with van der Waals surface area (Å²) in [6.45, 7) is 3.89. The number of hydrogen-bond acceptors (Lipinski definition) is 4. The zero-order chi connectivity index (χ0) is 15.3. The van der Waals surface area contributed by atoms with Crippen molar-refractivity contribution in [3.05, 3.63) is 24.3 Å². The fourth-order valence-electron chi connectivity index (χ4n) is 2.46. The SMILES string of the molecule is COc1ccccc1NC(=O)CN1CCC(C)(C#N)CC1. The van der Waals surface area contributed by atoms with Crippen molar-refractivity contribution in [1.29, 1.82) is 5.26 Å². The van der Waals surface area contributed by atoms with Gasteiger partial charge in [0, 0.05) is 13.1 Å². The van der Waals surface area contributed by atoms with E-state index in [1.807, 2.05) is 31.2 Å². The first-order chi connectivity index (χ1) is 10.1. The topological polar surface area (TPSA) is 65.4 Å². The minimum Gasteiger partial charge on any atom is -0.495 e. The molecule has 1 aliphatic rings. The highest BCUT2D eigenvalue weighted by atomic mass is 16.5. The molecule has 5 heteroatoms. The molecular formula is C16H21N3O2. The highest BCUT2D eigenvalue weighted by molar-refractivity contribution is 5.93. The molecule has 2 rings (SSSR count). The van der Waals surface area contributed by atoms with Gasteiger partial charge in [0.15, 0.2) is 0 Å². The summed E-state index contributed by atoms with van der Waals surface area (Å²) >= 11 is 0. The van der Waals surface area contributed by atoms with Gasteiger partial charge in [-0.3, -0.25) is 9.69 Å². The number of nitrogens with zero attached hydrogens (tertiary/aromatic N) is 2. The first kappa shape index (κ1) is 15.3. The molecule has 112 valence electrons. The van der Waals surface area contributed by atoms with E-state index in [9.17, 15) is 4.79 Å². The number of anilines is 1. The van der Waals surface area contributed by atoms with Gasteiger partial charge in [-0.25, -0.2) is 0 Å². The number of para-hydroxylation sites is 2. The number of hydrogen-bond donors (Lipinski definition) is 1. The second kappa shape index (κ2) is 6.59. The number of benzene rings is 1. The highest BCUT2D eigenvalue weighted by Gasteiger charge is 2.30. The van der Waals surface area contributed by atoms with Crippen LogP contribution in [0.1, 0.15) is 19.8 Å². The monoisotopic (exact) mass is 287 g/mol. The van der Waals surface area contributed by atoms with E-state index >= 15 is 0 Å². The minimum atomic E-state index is -0.240. The number of rotatable bonds is 4. The normalized spacial score (nSPS) is 17.8. The Balaban J connectivity index is 1.87. The molecule has 1 N–H and O–H groups in total. The fraction of sp³-hybridized carbons (Fsp3) is 0.500. The van der Waals surface area contributed by atoms with Crippen LogP contribution in [0.5, 0.6) is 5.75 Å². The van der Waals surface area contributed by atoms with Gasteiger partial charge < -0.3 is 10.1 Å². The Morgan fingerprint density at radius 3 is 2.71 bits per heavy atom. The molecule has 1 heterocycles. The summed E-state index contributed by atoms with van der Waals surface area (Å²) in [7, 11) is 1.58. The Hall–Kier alpha value is -2.06. The second-order valence-corrected chi connectivity index (χ2v) is 5.70. The first-order valence-corrected chi connectivity index (χ1v) is 7.13. The average Bonchev–Trinajstić information content (AvgIpc) is 2.50. The molecular weight excluding hydrogens is 266 g/mol. The van der Waals surface area contributed by atoms with Crippen molar-refractivity contribution in [3.8, 4) is 11.8 Å². The molecule has 1 aromatic carbocycles. The van der Waals surface area contributed by atoms with E-state index < -0.39 is 0 Å². The second-order valence-electron chi connectivity index (χ2n) is 5.70. The minimum absolute atomic E-state index is 0.0555. The lowest BCUT2D eigenvalue weighted by Crippen LogP contribution is -2.42. The third kappa shape index (κ3) is 3.96. The van der Waals surface area contributed by atoms with Crippen molar-refractivity contribution in [1.82, 2.24) is 4.90 Å². The number of carbonyl (C=O) groups excluding carboxylic acids is 1. The molecule has 5 nitrogen and oxygen atoms in total. The summed E-state index contributed by atoms with van der Waals surface area (Å²) < 4.78 is 5.21. The number of likely N-dealkylation sites (tertiary alicyclic amines) is 1. The van der Waals surface area contributed by atoms with Crippen LogP contribution in [0.15, 0.2) is 24.3 Å². The number of carbonyl (C=O) groups is 1. The lowest BCUT2D eigenvalue weighted by Gasteiger charge is -2.34. The van der Waals surface area contributed by atoms with E-state index in [4.69, 9.17) is 10.00 Å². The van der Waals surface area contributed by atoms with Crippen LogP contribution in [0.3, 0.4) is 0 Å². The molecule has 0 atom stereocenters. The predicted octanol–water partition coefficient (Wildman–Crippen LogP) is 2.26. The Morgan fingerprint density at radius 1 is 1.43 bits per heavy atom. The Labute approximate surface area is 125 Å². The summed E-state index contributed by atoms with van der Waals surface area (Å²) in [6.07, 6.45) is 1.62. The molecule has 0 radical (unpaired) electrons. The van der Waals surface area contributed by atoms with Crippen LogP contribution in [0.2, 0.25) is 0 Å². The number of nitriles is 1. The molecule has 1 amide bonds. The van der Waals surface area contributed by atoms with Gasteiger partial charge in [-0.1, -0.05) is 12.1 Å². The molecule has 1 aromatic rings. The van der Waals surface area contributed by atoms with Crippen LogP contribution in [0, 0.1) is 16.7 Å². The molecule has 0 unspecified atom stereocenters. The largest absolute Gasteiger partial charge is 0.495 e. The standard InChI is InChI=1S/C16H21N3O2/c1-16(12-17)7-9-19(10-8-16)11-15(20)18-13-5-3-4-6-14(13)21-2/h3-6H,7-11H2,1-2H3,(H,18,20). The molecule has 0 aromatic heterocycles. The number of amides is 1. The first-order valence-electron chi connectivity index (χ1n) is 7.13. The summed E-state index contributed by atoms with van der Waals surface area (Å²) in [5, 5.41) is 12.0. The molecule has 1 aliphatic heterocycles. The molecule has 1 fully saturated rings. The van der Waals surface area contributed by atoms with Gasteiger partial charge >= 0.3 is 0 Å². The van der Waals surface area contributed by atoms with Crippen LogP contribution in [0.25, 0.3) is 0 Å². The lowest BCUT2D eigenvalue weighted by molar-refractivity contribution is -0.117.